The van der Waals surface area contributed by atoms with Gasteiger partial charge in [0.1, 0.15) is 12.7 Å². The molecule has 0 saturated heterocycles. The third-order valence-electron chi connectivity index (χ3n) is 3.63. The van der Waals surface area contributed by atoms with E-state index in [1.54, 1.807) is 23.1 Å². The Hall–Kier alpha value is -2.67. The molecule has 0 saturated carbocycles. The van der Waals surface area contributed by atoms with Crippen LogP contribution in [0.5, 0.6) is 0 Å². The molecule has 0 fully saturated rings. The van der Waals surface area contributed by atoms with Crippen LogP contribution in [0.3, 0.4) is 0 Å². The number of carbonyl (C=O) groups excluding carboxylic acids is 1. The van der Waals surface area contributed by atoms with Gasteiger partial charge in [-0.2, -0.15) is 10.2 Å². The van der Waals surface area contributed by atoms with Crippen LogP contribution < -0.4 is 5.32 Å². The number of hydrogen-bond acceptors (Lipinski definition) is 4. The van der Waals surface area contributed by atoms with E-state index < -0.39 is 0 Å². The zero-order valence-corrected chi connectivity index (χ0v) is 13.9. The van der Waals surface area contributed by atoms with Crippen LogP contribution in [-0.4, -0.2) is 36.9 Å². The van der Waals surface area contributed by atoms with E-state index in [-0.39, 0.29) is 11.9 Å². The monoisotopic (exact) mass is 344 g/mol. The van der Waals surface area contributed by atoms with E-state index in [0.29, 0.717) is 22.8 Å². The average molecular weight is 345 g/mol. The van der Waals surface area contributed by atoms with Crippen molar-refractivity contribution in [3.8, 4) is 11.3 Å². The Bertz CT molecular complexity index is 814. The number of halogens is 1. The normalized spacial score (nSPS) is 12.1. The predicted molar refractivity (Wildman–Crippen MR) is 90.6 cm³/mol. The molecule has 1 aromatic carbocycles. The average Bonchev–Trinajstić information content (AvgIpc) is 3.24. The number of hydrogen-bond donors (Lipinski definition) is 2. The summed E-state index contributed by atoms with van der Waals surface area (Å²) in [4.78, 5) is 16.4. The van der Waals surface area contributed by atoms with Crippen LogP contribution in [0.4, 0.5) is 0 Å². The number of rotatable bonds is 6. The molecule has 1 amide bonds. The maximum absolute atomic E-state index is 12.5. The van der Waals surface area contributed by atoms with Crippen molar-refractivity contribution in [2.45, 2.75) is 25.9 Å². The van der Waals surface area contributed by atoms with E-state index in [1.807, 2.05) is 19.1 Å². The van der Waals surface area contributed by atoms with Gasteiger partial charge in [-0.3, -0.25) is 14.6 Å². The Morgan fingerprint density at radius 1 is 1.46 bits per heavy atom. The summed E-state index contributed by atoms with van der Waals surface area (Å²) in [5.41, 5.74) is 1.96. The quantitative estimate of drug-likeness (QED) is 0.719. The van der Waals surface area contributed by atoms with Gasteiger partial charge in [-0.1, -0.05) is 23.7 Å². The number of aromatic nitrogens is 5. The van der Waals surface area contributed by atoms with E-state index >= 15 is 0 Å². The first-order valence-corrected chi connectivity index (χ1v) is 7.94. The summed E-state index contributed by atoms with van der Waals surface area (Å²) < 4.78 is 1.73. The van der Waals surface area contributed by atoms with Gasteiger partial charge in [0.25, 0.3) is 5.91 Å². The zero-order chi connectivity index (χ0) is 16.9. The lowest BCUT2D eigenvalue weighted by molar-refractivity contribution is 0.0938. The Morgan fingerprint density at radius 2 is 2.33 bits per heavy atom. The highest BCUT2D eigenvalue weighted by atomic mass is 35.5. The van der Waals surface area contributed by atoms with Crippen molar-refractivity contribution in [3.05, 3.63) is 53.7 Å². The van der Waals surface area contributed by atoms with Crippen molar-refractivity contribution < 1.29 is 4.79 Å². The number of amides is 1. The van der Waals surface area contributed by atoms with Crippen molar-refractivity contribution in [1.82, 2.24) is 30.3 Å². The predicted octanol–water partition coefficient (Wildman–Crippen LogP) is 2.53. The Kier molecular flexibility index (Phi) is 4.90. The Labute approximate surface area is 144 Å². The highest BCUT2D eigenvalue weighted by Crippen LogP contribution is 2.24. The minimum atomic E-state index is -0.176. The van der Waals surface area contributed by atoms with Gasteiger partial charge < -0.3 is 5.32 Å². The summed E-state index contributed by atoms with van der Waals surface area (Å²) in [7, 11) is 0. The molecule has 0 unspecified atom stereocenters. The molecule has 0 bridgehead atoms. The molecule has 0 spiro atoms. The molecule has 0 radical (unpaired) electrons. The largest absolute Gasteiger partial charge is 0.349 e. The van der Waals surface area contributed by atoms with Crippen molar-refractivity contribution in [2.24, 2.45) is 0 Å². The van der Waals surface area contributed by atoms with E-state index in [1.165, 1.54) is 12.5 Å². The molecule has 2 heterocycles. The maximum Gasteiger partial charge on any atom is 0.255 e. The lowest BCUT2D eigenvalue weighted by atomic mass is 10.1. The lowest BCUT2D eigenvalue weighted by Crippen LogP contribution is -2.33. The van der Waals surface area contributed by atoms with Crippen LogP contribution in [0.1, 0.15) is 23.7 Å². The first-order valence-electron chi connectivity index (χ1n) is 7.56. The standard InChI is InChI=1S/C16H17ClN6O/c1-11(5-6-23-10-18-9-20-23)21-16(24)14-8-19-22-15(14)12-3-2-4-13(17)7-12/h2-4,7-11H,5-6H2,1H3,(H,19,22)(H,21,24)/t11-/m1/s1. The summed E-state index contributed by atoms with van der Waals surface area (Å²) >= 11 is 6.02. The molecule has 2 N–H and O–H groups in total. The summed E-state index contributed by atoms with van der Waals surface area (Å²) in [6.07, 6.45) is 5.42. The first kappa shape index (κ1) is 16.2. The minimum Gasteiger partial charge on any atom is -0.349 e. The van der Waals surface area contributed by atoms with Crippen molar-refractivity contribution in [1.29, 1.82) is 0 Å². The van der Waals surface area contributed by atoms with E-state index in [0.717, 1.165) is 12.0 Å². The maximum atomic E-state index is 12.5. The van der Waals surface area contributed by atoms with Crippen molar-refractivity contribution in [3.63, 3.8) is 0 Å². The summed E-state index contributed by atoms with van der Waals surface area (Å²) in [6.45, 7) is 2.64. The first-order chi connectivity index (χ1) is 11.6. The Morgan fingerprint density at radius 3 is 3.08 bits per heavy atom. The molecule has 24 heavy (non-hydrogen) atoms. The zero-order valence-electron chi connectivity index (χ0n) is 13.1. The van der Waals surface area contributed by atoms with Gasteiger partial charge >= 0.3 is 0 Å². The molecule has 0 aliphatic rings. The fourth-order valence-electron chi connectivity index (χ4n) is 2.37. The molecule has 3 aromatic rings. The highest BCUT2D eigenvalue weighted by molar-refractivity contribution is 6.30. The second-order valence-corrected chi connectivity index (χ2v) is 5.93. The molecule has 1 atom stereocenters. The third kappa shape index (κ3) is 3.80. The number of H-pyrrole nitrogens is 1. The van der Waals surface area contributed by atoms with Gasteiger partial charge in [0, 0.05) is 23.2 Å². The van der Waals surface area contributed by atoms with Crippen LogP contribution in [0.2, 0.25) is 5.02 Å². The number of aromatic amines is 1. The van der Waals surface area contributed by atoms with Crippen LogP contribution in [0.15, 0.2) is 43.1 Å². The SMILES string of the molecule is C[C@H](CCn1cncn1)NC(=O)c1cn[nH]c1-c1cccc(Cl)c1. The van der Waals surface area contributed by atoms with Crippen molar-refractivity contribution in [2.75, 3.05) is 0 Å². The molecule has 3 rings (SSSR count). The molecule has 0 aliphatic carbocycles. The Balaban J connectivity index is 1.66. The number of nitrogens with zero attached hydrogens (tertiary/aromatic N) is 4. The second kappa shape index (κ2) is 7.27. The van der Waals surface area contributed by atoms with Gasteiger partial charge in [0.2, 0.25) is 0 Å². The van der Waals surface area contributed by atoms with E-state index in [4.69, 9.17) is 11.6 Å². The van der Waals surface area contributed by atoms with Crippen LogP contribution in [-0.2, 0) is 6.54 Å². The van der Waals surface area contributed by atoms with Gasteiger partial charge in [-0.15, -0.1) is 0 Å². The van der Waals surface area contributed by atoms with Crippen LogP contribution in [0.25, 0.3) is 11.3 Å². The van der Waals surface area contributed by atoms with E-state index in [9.17, 15) is 4.79 Å². The van der Waals surface area contributed by atoms with Crippen LogP contribution >= 0.6 is 11.6 Å². The molecular weight excluding hydrogens is 328 g/mol. The molecule has 2 aromatic heterocycles. The molecule has 124 valence electrons. The van der Waals surface area contributed by atoms with Crippen molar-refractivity contribution >= 4 is 17.5 Å². The fourth-order valence-corrected chi connectivity index (χ4v) is 2.56. The topological polar surface area (TPSA) is 88.5 Å². The fraction of sp³-hybridized carbons (Fsp3) is 0.250. The minimum absolute atomic E-state index is 0.0104. The molecule has 7 nitrogen and oxygen atoms in total. The van der Waals surface area contributed by atoms with Gasteiger partial charge in [0.15, 0.2) is 0 Å². The van der Waals surface area contributed by atoms with Gasteiger partial charge in [-0.25, -0.2) is 4.98 Å². The number of nitrogens with one attached hydrogen (secondary N) is 2. The second-order valence-electron chi connectivity index (χ2n) is 5.49. The highest BCUT2D eigenvalue weighted by Gasteiger charge is 2.17. The molecular formula is C16H17ClN6O. The number of carbonyl (C=O) groups is 1. The molecule has 0 aliphatic heterocycles. The molecule has 8 heteroatoms. The van der Waals surface area contributed by atoms with Gasteiger partial charge in [0.05, 0.1) is 17.5 Å². The van der Waals surface area contributed by atoms with Gasteiger partial charge in [-0.05, 0) is 25.5 Å². The van der Waals surface area contributed by atoms with Crippen LogP contribution in [0, 0.1) is 0 Å². The number of aryl methyl sites for hydroxylation is 1. The third-order valence-corrected chi connectivity index (χ3v) is 3.87. The lowest BCUT2D eigenvalue weighted by Gasteiger charge is -2.13. The summed E-state index contributed by atoms with van der Waals surface area (Å²) in [5, 5.41) is 14.5. The van der Waals surface area contributed by atoms with E-state index in [2.05, 4.69) is 25.6 Å². The number of benzene rings is 1. The smallest absolute Gasteiger partial charge is 0.255 e. The summed E-state index contributed by atoms with van der Waals surface area (Å²) in [5.74, 6) is -0.176. The summed E-state index contributed by atoms with van der Waals surface area (Å²) in [6, 6.07) is 7.28.